The fourth-order valence-corrected chi connectivity index (χ4v) is 6.21. The van der Waals surface area contributed by atoms with Crippen LogP contribution in [0, 0.1) is 3.57 Å². The second-order valence-corrected chi connectivity index (χ2v) is 12.2. The Labute approximate surface area is 265 Å². The summed E-state index contributed by atoms with van der Waals surface area (Å²) in [5.41, 5.74) is 1.87. The Morgan fingerprint density at radius 1 is 0.902 bits per heavy atom. The molecule has 1 heterocycles. The van der Waals surface area contributed by atoms with Crippen LogP contribution in [0.4, 0.5) is 0 Å². The summed E-state index contributed by atoms with van der Waals surface area (Å²) in [6.07, 6.45) is 6.58. The van der Waals surface area contributed by atoms with Gasteiger partial charge in [-0.05, 0) is 82.6 Å². The first-order chi connectivity index (χ1) is 20.0. The Balaban J connectivity index is 1.30. The molecule has 216 valence electrons. The molecule has 0 spiro atoms. The third kappa shape index (κ3) is 9.11. The van der Waals surface area contributed by atoms with E-state index in [2.05, 4.69) is 29.5 Å². The zero-order chi connectivity index (χ0) is 29.0. The van der Waals surface area contributed by atoms with Crippen LogP contribution in [-0.4, -0.2) is 42.1 Å². The highest BCUT2D eigenvalue weighted by molar-refractivity contribution is 14.1. The van der Waals surface area contributed by atoms with Crippen molar-refractivity contribution in [1.29, 1.82) is 0 Å². The van der Waals surface area contributed by atoms with Crippen molar-refractivity contribution >= 4 is 62.9 Å². The molecule has 0 unspecified atom stereocenters. The summed E-state index contributed by atoms with van der Waals surface area (Å²) in [4.78, 5) is 15.3. The molecule has 0 radical (unpaired) electrons. The molecule has 41 heavy (non-hydrogen) atoms. The van der Waals surface area contributed by atoms with Crippen LogP contribution in [0.1, 0.15) is 43.7 Å². The number of amides is 1. The second-order valence-electron chi connectivity index (χ2n) is 9.37. The van der Waals surface area contributed by atoms with E-state index in [4.69, 9.17) is 31.2 Å². The summed E-state index contributed by atoms with van der Waals surface area (Å²) >= 11 is 9.03. The molecule has 1 aliphatic heterocycles. The molecule has 1 saturated heterocycles. The van der Waals surface area contributed by atoms with Crippen molar-refractivity contribution < 1.29 is 23.7 Å². The van der Waals surface area contributed by atoms with E-state index in [9.17, 15) is 4.79 Å². The monoisotopic (exact) mass is 703 g/mol. The number of thiocarbonyl (C=S) groups is 1. The highest BCUT2D eigenvalue weighted by Gasteiger charge is 2.32. The lowest BCUT2D eigenvalue weighted by molar-refractivity contribution is -0.122. The number of hydrogen-bond donors (Lipinski definition) is 0. The summed E-state index contributed by atoms with van der Waals surface area (Å²) in [5.74, 6) is 2.74. The van der Waals surface area contributed by atoms with Gasteiger partial charge in [0.25, 0.3) is 5.91 Å². The van der Waals surface area contributed by atoms with E-state index in [1.807, 2.05) is 72.8 Å². The third-order valence-corrected chi connectivity index (χ3v) is 8.47. The van der Waals surface area contributed by atoms with Gasteiger partial charge in [0.15, 0.2) is 11.5 Å². The van der Waals surface area contributed by atoms with Crippen LogP contribution < -0.4 is 18.9 Å². The van der Waals surface area contributed by atoms with E-state index in [-0.39, 0.29) is 5.91 Å². The fraction of sp³-hybridized carbons (Fsp3) is 0.312. The SMILES string of the molecule is CCCCCCOc1ccc(OCCOc2c(I)cc(/C=C3\SC(=S)N(Cc4ccccc4)C3=O)cc2OC)cc1. The van der Waals surface area contributed by atoms with Gasteiger partial charge >= 0.3 is 0 Å². The van der Waals surface area contributed by atoms with E-state index in [1.165, 1.54) is 31.0 Å². The van der Waals surface area contributed by atoms with Crippen LogP contribution in [0.15, 0.2) is 71.6 Å². The van der Waals surface area contributed by atoms with Crippen molar-refractivity contribution in [2.24, 2.45) is 0 Å². The van der Waals surface area contributed by atoms with Gasteiger partial charge in [-0.2, -0.15) is 0 Å². The van der Waals surface area contributed by atoms with Crippen molar-refractivity contribution in [2.45, 2.75) is 39.2 Å². The first-order valence-corrected chi connectivity index (χ1v) is 15.9. The van der Waals surface area contributed by atoms with Crippen LogP contribution in [-0.2, 0) is 11.3 Å². The van der Waals surface area contributed by atoms with Gasteiger partial charge in [-0.25, -0.2) is 0 Å². The molecule has 0 N–H and O–H groups in total. The Bertz CT molecular complexity index is 1350. The number of ether oxygens (including phenoxy) is 4. The van der Waals surface area contributed by atoms with Gasteiger partial charge in [0, 0.05) is 0 Å². The normalized spacial score (nSPS) is 14.0. The lowest BCUT2D eigenvalue weighted by Gasteiger charge is -2.15. The number of halogens is 1. The molecule has 0 aliphatic carbocycles. The van der Waals surface area contributed by atoms with Crippen molar-refractivity contribution in [1.82, 2.24) is 4.90 Å². The molecule has 1 fully saturated rings. The van der Waals surface area contributed by atoms with Gasteiger partial charge in [0.05, 0.1) is 28.7 Å². The molecule has 9 heteroatoms. The Morgan fingerprint density at radius 2 is 1.59 bits per heavy atom. The highest BCUT2D eigenvalue weighted by atomic mass is 127. The standard InChI is InChI=1S/C32H34INO5S2/c1-3-4-5-9-16-37-25-12-14-26(15-13-25)38-17-18-39-30-27(33)19-24(20-28(30)36-2)21-29-31(35)34(32(40)41-29)22-23-10-7-6-8-11-23/h6-8,10-15,19-21H,3-5,9,16-18,22H2,1-2H3/b29-21-. The summed E-state index contributed by atoms with van der Waals surface area (Å²) in [7, 11) is 1.60. The van der Waals surface area contributed by atoms with Gasteiger partial charge < -0.3 is 18.9 Å². The molecule has 3 aromatic carbocycles. The number of nitrogens with zero attached hydrogens (tertiary/aromatic N) is 1. The number of benzene rings is 3. The number of thioether (sulfide) groups is 1. The first kappa shape index (κ1) is 31.2. The minimum absolute atomic E-state index is 0.0955. The minimum Gasteiger partial charge on any atom is -0.494 e. The predicted octanol–water partition coefficient (Wildman–Crippen LogP) is 8.12. The fourth-order valence-electron chi connectivity index (χ4n) is 4.17. The molecule has 1 aliphatic rings. The van der Waals surface area contributed by atoms with Gasteiger partial charge in [0.1, 0.15) is 29.0 Å². The molecule has 0 aromatic heterocycles. The van der Waals surface area contributed by atoms with Gasteiger partial charge in [-0.3, -0.25) is 9.69 Å². The average molecular weight is 704 g/mol. The quantitative estimate of drug-likeness (QED) is 0.0686. The van der Waals surface area contributed by atoms with E-state index in [0.717, 1.165) is 39.2 Å². The molecule has 4 rings (SSSR count). The third-order valence-electron chi connectivity index (χ3n) is 6.30. The summed E-state index contributed by atoms with van der Waals surface area (Å²) in [5, 5.41) is 0. The summed E-state index contributed by atoms with van der Waals surface area (Å²) in [6.45, 7) is 4.12. The second kappa shape index (κ2) is 16.0. The molecule has 0 bridgehead atoms. The van der Waals surface area contributed by atoms with Crippen molar-refractivity contribution in [3.8, 4) is 23.0 Å². The number of hydrogen-bond acceptors (Lipinski definition) is 7. The van der Waals surface area contributed by atoms with Crippen molar-refractivity contribution in [3.63, 3.8) is 0 Å². The first-order valence-electron chi connectivity index (χ1n) is 13.6. The van der Waals surface area contributed by atoms with Crippen LogP contribution in [0.5, 0.6) is 23.0 Å². The Hall–Kier alpha value is -2.76. The number of rotatable bonds is 15. The van der Waals surface area contributed by atoms with E-state index < -0.39 is 0 Å². The topological polar surface area (TPSA) is 57.2 Å². The smallest absolute Gasteiger partial charge is 0.266 e. The van der Waals surface area contributed by atoms with Crippen LogP contribution in [0.25, 0.3) is 6.08 Å². The minimum atomic E-state index is -0.0955. The molecule has 1 amide bonds. The number of unbranched alkanes of at least 4 members (excludes halogenated alkanes) is 3. The zero-order valence-electron chi connectivity index (χ0n) is 23.3. The Morgan fingerprint density at radius 3 is 2.27 bits per heavy atom. The number of methoxy groups -OCH3 is 1. The lowest BCUT2D eigenvalue weighted by atomic mass is 10.1. The molecular formula is C32H34INO5S2. The molecular weight excluding hydrogens is 669 g/mol. The maximum Gasteiger partial charge on any atom is 0.266 e. The zero-order valence-corrected chi connectivity index (χ0v) is 27.1. The highest BCUT2D eigenvalue weighted by Crippen LogP contribution is 2.38. The maximum atomic E-state index is 13.1. The van der Waals surface area contributed by atoms with Crippen molar-refractivity contribution in [2.75, 3.05) is 26.9 Å². The lowest BCUT2D eigenvalue weighted by Crippen LogP contribution is -2.27. The number of carbonyl (C=O) groups is 1. The number of carbonyl (C=O) groups excluding carboxylic acids is 1. The van der Waals surface area contributed by atoms with Gasteiger partial charge in [-0.1, -0.05) is 80.5 Å². The van der Waals surface area contributed by atoms with Gasteiger partial charge in [-0.15, -0.1) is 0 Å². The molecule has 0 atom stereocenters. The Kier molecular flexibility index (Phi) is 12.2. The van der Waals surface area contributed by atoms with Crippen LogP contribution in [0.3, 0.4) is 0 Å². The van der Waals surface area contributed by atoms with Crippen LogP contribution in [0.2, 0.25) is 0 Å². The molecule has 3 aromatic rings. The van der Waals surface area contributed by atoms with E-state index in [1.54, 1.807) is 12.0 Å². The molecule has 6 nitrogen and oxygen atoms in total. The summed E-state index contributed by atoms with van der Waals surface area (Å²) < 4.78 is 24.7. The van der Waals surface area contributed by atoms with Crippen molar-refractivity contribution in [3.05, 3.63) is 86.3 Å². The maximum absolute atomic E-state index is 13.1. The largest absolute Gasteiger partial charge is 0.494 e. The van der Waals surface area contributed by atoms with E-state index in [0.29, 0.717) is 40.5 Å². The van der Waals surface area contributed by atoms with Crippen LogP contribution >= 0.6 is 46.6 Å². The molecule has 0 saturated carbocycles. The van der Waals surface area contributed by atoms with Gasteiger partial charge in [0.2, 0.25) is 0 Å². The average Bonchev–Trinajstić information content (AvgIpc) is 3.24. The predicted molar refractivity (Wildman–Crippen MR) is 178 cm³/mol. The summed E-state index contributed by atoms with van der Waals surface area (Å²) in [6, 6.07) is 21.3. The van der Waals surface area contributed by atoms with E-state index >= 15 is 0 Å².